The van der Waals surface area contributed by atoms with Crippen LogP contribution in [-0.4, -0.2) is 41.4 Å². The predicted molar refractivity (Wildman–Crippen MR) is 98.8 cm³/mol. The topological polar surface area (TPSA) is 71.5 Å². The van der Waals surface area contributed by atoms with Crippen LogP contribution < -0.4 is 10.1 Å². The Hall–Kier alpha value is -2.41. The van der Waals surface area contributed by atoms with Gasteiger partial charge in [0.05, 0.1) is 0 Å². The minimum atomic E-state index is -0.261. The van der Waals surface area contributed by atoms with Crippen molar-refractivity contribution in [2.75, 3.05) is 25.0 Å². The fourth-order valence-electron chi connectivity index (χ4n) is 2.19. The number of carbonyl (C=O) groups is 2. The summed E-state index contributed by atoms with van der Waals surface area (Å²) in [6, 6.07) is 9.14. The first kappa shape index (κ1) is 18.9. The summed E-state index contributed by atoms with van der Waals surface area (Å²) in [4.78, 5) is 31.3. The fourth-order valence-corrected chi connectivity index (χ4v) is 2.87. The summed E-state index contributed by atoms with van der Waals surface area (Å²) in [6.45, 7) is 6.29. The minimum Gasteiger partial charge on any atom is -0.484 e. The molecule has 0 saturated carbocycles. The molecule has 0 fully saturated rings. The number of para-hydroxylation sites is 1. The largest absolute Gasteiger partial charge is 0.484 e. The van der Waals surface area contributed by atoms with Gasteiger partial charge in [0, 0.05) is 17.6 Å². The molecule has 0 aliphatic carbocycles. The Morgan fingerprint density at radius 2 is 2.00 bits per heavy atom. The monoisotopic (exact) mass is 361 g/mol. The molecule has 134 valence electrons. The van der Waals surface area contributed by atoms with Crippen LogP contribution in [0.4, 0.5) is 5.13 Å². The number of carbonyl (C=O) groups excluding carboxylic acids is 2. The summed E-state index contributed by atoms with van der Waals surface area (Å²) >= 11 is 1.40. The third-order valence-electron chi connectivity index (χ3n) is 3.25. The number of benzene rings is 1. The van der Waals surface area contributed by atoms with Crippen molar-refractivity contribution < 1.29 is 14.3 Å². The highest BCUT2D eigenvalue weighted by molar-refractivity contribution is 7.15. The fraction of sp³-hybridized carbons (Fsp3) is 0.389. The molecule has 6 nitrogen and oxygen atoms in total. The highest BCUT2D eigenvalue weighted by Gasteiger charge is 2.19. The van der Waals surface area contributed by atoms with Crippen molar-refractivity contribution in [1.29, 1.82) is 0 Å². The minimum absolute atomic E-state index is 0.0200. The van der Waals surface area contributed by atoms with Gasteiger partial charge in [-0.15, -0.1) is 11.3 Å². The number of aromatic nitrogens is 1. The number of nitrogens with one attached hydrogen (secondary N) is 1. The zero-order valence-electron chi connectivity index (χ0n) is 14.7. The van der Waals surface area contributed by atoms with Crippen molar-refractivity contribution in [1.82, 2.24) is 9.88 Å². The summed E-state index contributed by atoms with van der Waals surface area (Å²) < 4.78 is 5.50. The standard InChI is InChI=1S/C18H23N3O3S/c1-13(2)10-21(11-16(22)20-18-19-9-14(3)25-18)17(23)12-24-15-7-5-4-6-8-15/h4-9,13H,10-12H2,1-3H3,(H,19,20,22). The van der Waals surface area contributed by atoms with E-state index >= 15 is 0 Å². The van der Waals surface area contributed by atoms with Crippen LogP contribution in [0, 0.1) is 12.8 Å². The second-order valence-corrected chi connectivity index (χ2v) is 7.33. The maximum atomic E-state index is 12.5. The maximum absolute atomic E-state index is 12.5. The van der Waals surface area contributed by atoms with Crippen LogP contribution >= 0.6 is 11.3 Å². The van der Waals surface area contributed by atoms with Crippen molar-refractivity contribution >= 4 is 28.3 Å². The second kappa shape index (κ2) is 9.17. The number of nitrogens with zero attached hydrogens (tertiary/aromatic N) is 2. The molecule has 1 N–H and O–H groups in total. The van der Waals surface area contributed by atoms with Gasteiger partial charge in [0.25, 0.3) is 5.91 Å². The molecular formula is C18H23N3O3S. The van der Waals surface area contributed by atoms with E-state index in [4.69, 9.17) is 4.74 Å². The molecule has 0 aliphatic heterocycles. The molecular weight excluding hydrogens is 338 g/mol. The second-order valence-electron chi connectivity index (χ2n) is 6.09. The first-order valence-corrected chi connectivity index (χ1v) is 8.93. The molecule has 1 aromatic heterocycles. The Labute approximate surface area is 151 Å². The third kappa shape index (κ3) is 6.54. The van der Waals surface area contributed by atoms with Gasteiger partial charge in [-0.2, -0.15) is 0 Å². The quantitative estimate of drug-likeness (QED) is 0.785. The molecule has 1 aromatic carbocycles. The molecule has 0 saturated heterocycles. The molecule has 7 heteroatoms. The van der Waals surface area contributed by atoms with E-state index in [1.165, 1.54) is 16.2 Å². The highest BCUT2D eigenvalue weighted by Crippen LogP contribution is 2.16. The number of aryl methyl sites for hydroxylation is 1. The van der Waals surface area contributed by atoms with E-state index in [1.54, 1.807) is 18.3 Å². The van der Waals surface area contributed by atoms with Crippen molar-refractivity contribution in [3.63, 3.8) is 0 Å². The lowest BCUT2D eigenvalue weighted by Crippen LogP contribution is -2.42. The van der Waals surface area contributed by atoms with E-state index in [0.717, 1.165) is 4.88 Å². The molecule has 2 rings (SSSR count). The lowest BCUT2D eigenvalue weighted by Gasteiger charge is -2.24. The predicted octanol–water partition coefficient (Wildman–Crippen LogP) is 2.95. The van der Waals surface area contributed by atoms with Gasteiger partial charge in [0.2, 0.25) is 5.91 Å². The summed E-state index contributed by atoms with van der Waals surface area (Å²) in [6.07, 6.45) is 1.70. The highest BCUT2D eigenvalue weighted by atomic mass is 32.1. The Balaban J connectivity index is 1.92. The number of ether oxygens (including phenoxy) is 1. The number of hydrogen-bond donors (Lipinski definition) is 1. The third-order valence-corrected chi connectivity index (χ3v) is 4.07. The summed E-state index contributed by atoms with van der Waals surface area (Å²) in [5, 5.41) is 3.27. The van der Waals surface area contributed by atoms with E-state index in [1.807, 2.05) is 39.0 Å². The molecule has 0 aliphatic rings. The molecule has 0 atom stereocenters. The van der Waals surface area contributed by atoms with Crippen LogP contribution in [0.1, 0.15) is 18.7 Å². The van der Waals surface area contributed by atoms with E-state index in [-0.39, 0.29) is 30.9 Å². The molecule has 25 heavy (non-hydrogen) atoms. The zero-order valence-corrected chi connectivity index (χ0v) is 15.5. The van der Waals surface area contributed by atoms with Gasteiger partial charge < -0.3 is 15.0 Å². The van der Waals surface area contributed by atoms with Gasteiger partial charge in [0.15, 0.2) is 11.7 Å². The van der Waals surface area contributed by atoms with Crippen LogP contribution in [-0.2, 0) is 9.59 Å². The average Bonchev–Trinajstić information content (AvgIpc) is 2.97. The smallest absolute Gasteiger partial charge is 0.260 e. The molecule has 0 unspecified atom stereocenters. The lowest BCUT2D eigenvalue weighted by molar-refractivity contribution is -0.137. The summed E-state index contributed by atoms with van der Waals surface area (Å²) in [5.74, 6) is 0.393. The Morgan fingerprint density at radius 3 is 2.60 bits per heavy atom. The number of amides is 2. The summed E-state index contributed by atoms with van der Waals surface area (Å²) in [7, 11) is 0. The van der Waals surface area contributed by atoms with Gasteiger partial charge in [-0.3, -0.25) is 9.59 Å². The van der Waals surface area contributed by atoms with E-state index in [9.17, 15) is 9.59 Å². The maximum Gasteiger partial charge on any atom is 0.260 e. The lowest BCUT2D eigenvalue weighted by atomic mass is 10.2. The van der Waals surface area contributed by atoms with Crippen molar-refractivity contribution in [3.05, 3.63) is 41.4 Å². The van der Waals surface area contributed by atoms with Crippen LogP contribution in [0.2, 0.25) is 0 Å². The Morgan fingerprint density at radius 1 is 1.28 bits per heavy atom. The van der Waals surface area contributed by atoms with Crippen LogP contribution in [0.15, 0.2) is 36.5 Å². The summed E-state index contributed by atoms with van der Waals surface area (Å²) in [5.41, 5.74) is 0. The van der Waals surface area contributed by atoms with Crippen LogP contribution in [0.3, 0.4) is 0 Å². The van der Waals surface area contributed by atoms with Gasteiger partial charge in [-0.05, 0) is 25.0 Å². The van der Waals surface area contributed by atoms with Crippen LogP contribution in [0.5, 0.6) is 5.75 Å². The normalized spacial score (nSPS) is 10.6. The average molecular weight is 361 g/mol. The Kier molecular flexibility index (Phi) is 6.94. The molecule has 0 spiro atoms. The van der Waals surface area contributed by atoms with Crippen molar-refractivity contribution in [3.8, 4) is 5.75 Å². The van der Waals surface area contributed by atoms with Gasteiger partial charge in [-0.25, -0.2) is 4.98 Å². The molecule has 0 bridgehead atoms. The molecule has 2 amide bonds. The number of anilines is 1. The van der Waals surface area contributed by atoms with Gasteiger partial charge in [0.1, 0.15) is 12.3 Å². The molecule has 1 heterocycles. The number of hydrogen-bond acceptors (Lipinski definition) is 5. The first-order chi connectivity index (χ1) is 11.9. The van der Waals surface area contributed by atoms with Crippen LogP contribution in [0.25, 0.3) is 0 Å². The van der Waals surface area contributed by atoms with E-state index < -0.39 is 0 Å². The zero-order chi connectivity index (χ0) is 18.2. The van der Waals surface area contributed by atoms with Crippen molar-refractivity contribution in [2.24, 2.45) is 5.92 Å². The number of rotatable bonds is 8. The molecule has 0 radical (unpaired) electrons. The van der Waals surface area contributed by atoms with E-state index in [0.29, 0.717) is 17.4 Å². The molecule has 2 aromatic rings. The van der Waals surface area contributed by atoms with Crippen molar-refractivity contribution in [2.45, 2.75) is 20.8 Å². The van der Waals surface area contributed by atoms with Gasteiger partial charge in [-0.1, -0.05) is 32.0 Å². The van der Waals surface area contributed by atoms with Gasteiger partial charge >= 0.3 is 0 Å². The first-order valence-electron chi connectivity index (χ1n) is 8.12. The number of thiazole rings is 1. The Bertz CT molecular complexity index is 701. The SMILES string of the molecule is Cc1cnc(NC(=O)CN(CC(C)C)C(=O)COc2ccccc2)s1. The van der Waals surface area contributed by atoms with E-state index in [2.05, 4.69) is 10.3 Å².